The number of carboxylic acids is 1. The molecule has 1 aliphatic heterocycles. The molecule has 0 spiro atoms. The van der Waals surface area contributed by atoms with Gasteiger partial charge in [0, 0.05) is 35.8 Å². The highest BCUT2D eigenvalue weighted by Crippen LogP contribution is 2.24. The van der Waals surface area contributed by atoms with Crippen molar-refractivity contribution >= 4 is 27.6 Å². The summed E-state index contributed by atoms with van der Waals surface area (Å²) in [6.07, 6.45) is 0.170. The maximum absolute atomic E-state index is 10.7. The number of aliphatic carboxylic acids is 1. The molecule has 0 aliphatic carbocycles. The smallest absolute Gasteiger partial charge is 0.304 e. The number of benzene rings is 1. The Morgan fingerprint density at radius 2 is 2.39 bits per heavy atom. The first-order chi connectivity index (χ1) is 8.56. The number of nitrogens with zero attached hydrogens (tertiary/aromatic N) is 1. The molecule has 0 saturated carbocycles. The molecule has 18 heavy (non-hydrogen) atoms. The van der Waals surface area contributed by atoms with Crippen LogP contribution in [0.4, 0.5) is 5.69 Å². The summed E-state index contributed by atoms with van der Waals surface area (Å²) < 4.78 is 1.09. The van der Waals surface area contributed by atoms with Crippen molar-refractivity contribution in [1.82, 2.24) is 5.32 Å². The van der Waals surface area contributed by atoms with E-state index in [1.807, 2.05) is 0 Å². The number of aryl methyl sites for hydroxylation is 1. The van der Waals surface area contributed by atoms with Crippen LogP contribution in [-0.2, 0) is 4.79 Å². The monoisotopic (exact) mass is 312 g/mol. The van der Waals surface area contributed by atoms with Crippen molar-refractivity contribution in [2.45, 2.75) is 19.4 Å². The maximum Gasteiger partial charge on any atom is 0.304 e. The van der Waals surface area contributed by atoms with Gasteiger partial charge in [-0.2, -0.15) is 0 Å². The molecule has 2 rings (SSSR count). The van der Waals surface area contributed by atoms with Crippen LogP contribution in [0.25, 0.3) is 0 Å². The molecule has 2 N–H and O–H groups in total. The Morgan fingerprint density at radius 3 is 3.06 bits per heavy atom. The van der Waals surface area contributed by atoms with E-state index in [0.717, 1.165) is 29.8 Å². The number of halogens is 1. The minimum atomic E-state index is -0.751. The number of carbonyl (C=O) groups is 1. The zero-order valence-corrected chi connectivity index (χ0v) is 11.9. The van der Waals surface area contributed by atoms with E-state index in [2.05, 4.69) is 51.3 Å². The van der Waals surface area contributed by atoms with Crippen molar-refractivity contribution < 1.29 is 9.90 Å². The second-order valence-electron chi connectivity index (χ2n) is 4.63. The van der Waals surface area contributed by atoms with Crippen molar-refractivity contribution in [3.8, 4) is 0 Å². The van der Waals surface area contributed by atoms with Crippen LogP contribution in [0.2, 0.25) is 0 Å². The molecule has 1 fully saturated rings. The van der Waals surface area contributed by atoms with Crippen molar-refractivity contribution in [2.75, 3.05) is 24.5 Å². The van der Waals surface area contributed by atoms with Gasteiger partial charge in [-0.05, 0) is 24.6 Å². The number of anilines is 1. The number of hydrogen-bond donors (Lipinski definition) is 2. The molecule has 1 unspecified atom stereocenters. The third-order valence-corrected chi connectivity index (χ3v) is 4.05. The van der Waals surface area contributed by atoms with Crippen molar-refractivity contribution in [1.29, 1.82) is 0 Å². The SMILES string of the molecule is Cc1ccc(N2CCNC(CC(=O)O)C2)cc1Br. The van der Waals surface area contributed by atoms with E-state index in [-0.39, 0.29) is 12.5 Å². The van der Waals surface area contributed by atoms with Gasteiger partial charge in [0.1, 0.15) is 0 Å². The van der Waals surface area contributed by atoms with Crippen LogP contribution in [0.5, 0.6) is 0 Å². The summed E-state index contributed by atoms with van der Waals surface area (Å²) in [5.41, 5.74) is 2.35. The molecular formula is C13H17BrN2O2. The second kappa shape index (κ2) is 5.71. The summed E-state index contributed by atoms with van der Waals surface area (Å²) in [4.78, 5) is 13.0. The first-order valence-electron chi connectivity index (χ1n) is 6.02. The topological polar surface area (TPSA) is 52.6 Å². The van der Waals surface area contributed by atoms with E-state index in [4.69, 9.17) is 5.11 Å². The molecule has 0 aromatic heterocycles. The third kappa shape index (κ3) is 3.23. The van der Waals surface area contributed by atoms with Gasteiger partial charge in [0.15, 0.2) is 0 Å². The van der Waals surface area contributed by atoms with E-state index in [0.29, 0.717) is 0 Å². The molecule has 1 aliphatic rings. The summed E-state index contributed by atoms with van der Waals surface area (Å²) >= 11 is 3.53. The lowest BCUT2D eigenvalue weighted by atomic mass is 10.1. The third-order valence-electron chi connectivity index (χ3n) is 3.20. The number of nitrogens with one attached hydrogen (secondary N) is 1. The van der Waals surface area contributed by atoms with Crippen LogP contribution < -0.4 is 10.2 Å². The Kier molecular flexibility index (Phi) is 4.24. The van der Waals surface area contributed by atoms with Crippen LogP contribution in [0.15, 0.2) is 22.7 Å². The van der Waals surface area contributed by atoms with Gasteiger partial charge >= 0.3 is 5.97 Å². The second-order valence-corrected chi connectivity index (χ2v) is 5.48. The van der Waals surface area contributed by atoms with E-state index in [1.54, 1.807) is 0 Å². The summed E-state index contributed by atoms with van der Waals surface area (Å²) in [6, 6.07) is 6.28. The lowest BCUT2D eigenvalue weighted by Crippen LogP contribution is -2.51. The fraction of sp³-hybridized carbons (Fsp3) is 0.462. The molecule has 1 aromatic carbocycles. The van der Waals surface area contributed by atoms with Crippen molar-refractivity contribution in [2.24, 2.45) is 0 Å². The predicted octanol–water partition coefficient (Wildman–Crippen LogP) is 2.01. The normalized spacial score (nSPS) is 19.9. The quantitative estimate of drug-likeness (QED) is 0.896. The standard InChI is InChI=1S/C13H17BrN2O2/c1-9-2-3-11(7-12(9)14)16-5-4-15-10(8-16)6-13(17)18/h2-3,7,10,15H,4-6,8H2,1H3,(H,17,18). The van der Waals surface area contributed by atoms with Gasteiger partial charge in [-0.25, -0.2) is 0 Å². The average molecular weight is 313 g/mol. The fourth-order valence-electron chi connectivity index (χ4n) is 2.19. The van der Waals surface area contributed by atoms with Gasteiger partial charge in [-0.15, -0.1) is 0 Å². The molecule has 0 bridgehead atoms. The summed E-state index contributed by atoms with van der Waals surface area (Å²) in [7, 11) is 0. The van der Waals surface area contributed by atoms with Gasteiger partial charge in [0.25, 0.3) is 0 Å². The molecule has 4 nitrogen and oxygen atoms in total. The first-order valence-corrected chi connectivity index (χ1v) is 6.82. The lowest BCUT2D eigenvalue weighted by Gasteiger charge is -2.35. The van der Waals surface area contributed by atoms with Gasteiger partial charge in [0.05, 0.1) is 6.42 Å². The molecule has 1 saturated heterocycles. The maximum atomic E-state index is 10.7. The number of piperazine rings is 1. The lowest BCUT2D eigenvalue weighted by molar-refractivity contribution is -0.137. The fourth-order valence-corrected chi connectivity index (χ4v) is 2.55. The Labute approximate surface area is 115 Å². The molecule has 1 heterocycles. The Hall–Kier alpha value is -1.07. The molecule has 5 heteroatoms. The van der Waals surface area contributed by atoms with Gasteiger partial charge in [0.2, 0.25) is 0 Å². The van der Waals surface area contributed by atoms with Crippen LogP contribution >= 0.6 is 15.9 Å². The number of carboxylic acid groups (broad SMARTS) is 1. The highest BCUT2D eigenvalue weighted by atomic mass is 79.9. The van der Waals surface area contributed by atoms with E-state index in [9.17, 15) is 4.79 Å². The Morgan fingerprint density at radius 1 is 1.61 bits per heavy atom. The van der Waals surface area contributed by atoms with Gasteiger partial charge < -0.3 is 15.3 Å². The van der Waals surface area contributed by atoms with Crippen LogP contribution in [0, 0.1) is 6.92 Å². The molecule has 0 radical (unpaired) electrons. The predicted molar refractivity (Wildman–Crippen MR) is 75.1 cm³/mol. The summed E-state index contributed by atoms with van der Waals surface area (Å²) in [5.74, 6) is -0.751. The highest BCUT2D eigenvalue weighted by Gasteiger charge is 2.21. The number of hydrogen-bond acceptors (Lipinski definition) is 3. The molecular weight excluding hydrogens is 296 g/mol. The van der Waals surface area contributed by atoms with E-state index in [1.165, 1.54) is 5.56 Å². The summed E-state index contributed by atoms with van der Waals surface area (Å²) in [6.45, 7) is 4.52. The van der Waals surface area contributed by atoms with Crippen molar-refractivity contribution in [3.05, 3.63) is 28.2 Å². The minimum absolute atomic E-state index is 0.0244. The van der Waals surface area contributed by atoms with Gasteiger partial charge in [-0.3, -0.25) is 4.79 Å². The van der Waals surface area contributed by atoms with E-state index >= 15 is 0 Å². The minimum Gasteiger partial charge on any atom is -0.481 e. The molecule has 1 aromatic rings. The van der Waals surface area contributed by atoms with Crippen LogP contribution in [0.1, 0.15) is 12.0 Å². The van der Waals surface area contributed by atoms with Crippen LogP contribution in [-0.4, -0.2) is 36.8 Å². The Balaban J connectivity index is 2.08. The summed E-state index contributed by atoms with van der Waals surface area (Å²) in [5, 5.41) is 12.1. The average Bonchev–Trinajstić information content (AvgIpc) is 2.32. The molecule has 1 atom stereocenters. The molecule has 0 amide bonds. The van der Waals surface area contributed by atoms with Crippen molar-refractivity contribution in [3.63, 3.8) is 0 Å². The number of rotatable bonds is 3. The van der Waals surface area contributed by atoms with E-state index < -0.39 is 5.97 Å². The Bertz CT molecular complexity index is 451. The molecule has 98 valence electrons. The largest absolute Gasteiger partial charge is 0.481 e. The first kappa shape index (κ1) is 13.4. The zero-order valence-electron chi connectivity index (χ0n) is 10.3. The zero-order chi connectivity index (χ0) is 13.1. The van der Waals surface area contributed by atoms with Crippen LogP contribution in [0.3, 0.4) is 0 Å². The van der Waals surface area contributed by atoms with Gasteiger partial charge in [-0.1, -0.05) is 22.0 Å². The highest BCUT2D eigenvalue weighted by molar-refractivity contribution is 9.10.